The van der Waals surface area contributed by atoms with Crippen molar-refractivity contribution in [2.24, 2.45) is 0 Å². The SMILES string of the molecule is CN(Cc1ccoc1)c1nc(C(=O)CCl)cs1. The summed E-state index contributed by atoms with van der Waals surface area (Å²) >= 11 is 6.91. The molecule has 0 atom stereocenters. The van der Waals surface area contributed by atoms with E-state index in [4.69, 9.17) is 16.0 Å². The average Bonchev–Trinajstić information content (AvgIpc) is 2.98. The Kier molecular flexibility index (Phi) is 3.81. The van der Waals surface area contributed by atoms with E-state index in [-0.39, 0.29) is 11.7 Å². The molecule has 0 amide bonds. The van der Waals surface area contributed by atoms with Crippen molar-refractivity contribution in [1.82, 2.24) is 4.98 Å². The number of thiazole rings is 1. The fourth-order valence-electron chi connectivity index (χ4n) is 1.36. The fourth-order valence-corrected chi connectivity index (χ4v) is 2.29. The first-order chi connectivity index (χ1) is 8.20. The number of aromatic nitrogens is 1. The molecule has 0 aliphatic rings. The van der Waals surface area contributed by atoms with E-state index >= 15 is 0 Å². The van der Waals surface area contributed by atoms with Crippen molar-refractivity contribution in [2.45, 2.75) is 6.54 Å². The number of nitrogens with zero attached hydrogens (tertiary/aromatic N) is 2. The third-order valence-corrected chi connectivity index (χ3v) is 3.42. The average molecular weight is 271 g/mol. The van der Waals surface area contributed by atoms with Gasteiger partial charge in [-0.05, 0) is 6.07 Å². The van der Waals surface area contributed by atoms with Gasteiger partial charge in [0.25, 0.3) is 0 Å². The van der Waals surface area contributed by atoms with Crippen LogP contribution in [0.1, 0.15) is 16.1 Å². The highest BCUT2D eigenvalue weighted by Gasteiger charge is 2.12. The number of rotatable bonds is 5. The number of carbonyl (C=O) groups is 1. The second-order valence-electron chi connectivity index (χ2n) is 3.56. The van der Waals surface area contributed by atoms with Gasteiger partial charge in [-0.2, -0.15) is 0 Å². The maximum absolute atomic E-state index is 11.3. The standard InChI is InChI=1S/C11H11ClN2O2S/c1-14(5-8-2-3-16-6-8)11-13-9(7-17-11)10(15)4-12/h2-3,6-7H,4-5H2,1H3. The lowest BCUT2D eigenvalue weighted by molar-refractivity contribution is 0.101. The molecular formula is C11H11ClN2O2S. The van der Waals surface area contributed by atoms with Crippen LogP contribution in [0.5, 0.6) is 0 Å². The number of carbonyl (C=O) groups excluding carboxylic acids is 1. The van der Waals surface area contributed by atoms with Gasteiger partial charge in [0.2, 0.25) is 0 Å². The molecule has 2 rings (SSSR count). The minimum Gasteiger partial charge on any atom is -0.472 e. The normalized spacial score (nSPS) is 10.5. The monoisotopic (exact) mass is 270 g/mol. The van der Waals surface area contributed by atoms with Crippen LogP contribution in [0.15, 0.2) is 28.4 Å². The van der Waals surface area contributed by atoms with Crippen molar-refractivity contribution < 1.29 is 9.21 Å². The molecule has 0 fully saturated rings. The smallest absolute Gasteiger partial charge is 0.196 e. The number of ketones is 1. The van der Waals surface area contributed by atoms with E-state index in [9.17, 15) is 4.79 Å². The van der Waals surface area contributed by atoms with Crippen LogP contribution in [0.3, 0.4) is 0 Å². The number of halogens is 1. The van der Waals surface area contributed by atoms with Crippen molar-refractivity contribution in [2.75, 3.05) is 17.8 Å². The Morgan fingerprint density at radius 3 is 3.12 bits per heavy atom. The molecule has 0 spiro atoms. The minimum atomic E-state index is -0.147. The van der Waals surface area contributed by atoms with Crippen LogP contribution in [-0.4, -0.2) is 23.7 Å². The molecule has 17 heavy (non-hydrogen) atoms. The summed E-state index contributed by atoms with van der Waals surface area (Å²) in [5, 5.41) is 2.52. The molecule has 2 aromatic heterocycles. The lowest BCUT2D eigenvalue weighted by atomic mass is 10.3. The highest BCUT2D eigenvalue weighted by Crippen LogP contribution is 2.21. The first-order valence-electron chi connectivity index (χ1n) is 4.97. The number of furan rings is 1. The van der Waals surface area contributed by atoms with Gasteiger partial charge < -0.3 is 9.32 Å². The first-order valence-corrected chi connectivity index (χ1v) is 6.39. The van der Waals surface area contributed by atoms with E-state index in [1.807, 2.05) is 18.0 Å². The van der Waals surface area contributed by atoms with Crippen molar-refractivity contribution in [3.63, 3.8) is 0 Å². The lowest BCUT2D eigenvalue weighted by Gasteiger charge is -2.13. The molecule has 0 saturated carbocycles. The lowest BCUT2D eigenvalue weighted by Crippen LogP contribution is -2.16. The molecule has 0 unspecified atom stereocenters. The molecule has 6 heteroatoms. The van der Waals surface area contributed by atoms with E-state index in [0.29, 0.717) is 12.2 Å². The maximum Gasteiger partial charge on any atom is 0.196 e. The first kappa shape index (κ1) is 12.1. The van der Waals surface area contributed by atoms with Gasteiger partial charge in [0.1, 0.15) is 5.69 Å². The Labute approximate surface area is 108 Å². The van der Waals surface area contributed by atoms with E-state index in [2.05, 4.69) is 4.98 Å². The maximum atomic E-state index is 11.3. The number of anilines is 1. The summed E-state index contributed by atoms with van der Waals surface area (Å²) in [6.07, 6.45) is 3.32. The largest absolute Gasteiger partial charge is 0.472 e. The van der Waals surface area contributed by atoms with Crippen molar-refractivity contribution in [1.29, 1.82) is 0 Å². The molecule has 0 bridgehead atoms. The third kappa shape index (κ3) is 2.87. The van der Waals surface area contributed by atoms with Crippen LogP contribution < -0.4 is 4.90 Å². The minimum absolute atomic E-state index is 0.0331. The summed E-state index contributed by atoms with van der Waals surface area (Å²) in [4.78, 5) is 17.5. The van der Waals surface area contributed by atoms with Gasteiger partial charge >= 0.3 is 0 Å². The predicted octanol–water partition coefficient (Wildman–Crippen LogP) is 2.79. The quantitative estimate of drug-likeness (QED) is 0.619. The summed E-state index contributed by atoms with van der Waals surface area (Å²) in [5.41, 5.74) is 1.49. The predicted molar refractivity (Wildman–Crippen MR) is 68.0 cm³/mol. The summed E-state index contributed by atoms with van der Waals surface area (Å²) < 4.78 is 5.00. The second-order valence-corrected chi connectivity index (χ2v) is 4.66. The van der Waals surface area contributed by atoms with Gasteiger partial charge in [-0.25, -0.2) is 4.98 Å². The van der Waals surface area contributed by atoms with Gasteiger partial charge in [0, 0.05) is 24.5 Å². The zero-order valence-electron chi connectivity index (χ0n) is 9.22. The zero-order valence-corrected chi connectivity index (χ0v) is 10.8. The topological polar surface area (TPSA) is 46.3 Å². The molecule has 4 nitrogen and oxygen atoms in total. The van der Waals surface area contributed by atoms with Gasteiger partial charge in [0.15, 0.2) is 10.9 Å². The zero-order chi connectivity index (χ0) is 12.3. The van der Waals surface area contributed by atoms with E-state index in [0.717, 1.165) is 10.7 Å². The van der Waals surface area contributed by atoms with Crippen LogP contribution in [-0.2, 0) is 6.54 Å². The van der Waals surface area contributed by atoms with Crippen LogP contribution in [0, 0.1) is 0 Å². The highest BCUT2D eigenvalue weighted by atomic mass is 35.5. The molecule has 0 radical (unpaired) electrons. The third-order valence-electron chi connectivity index (χ3n) is 2.23. The highest BCUT2D eigenvalue weighted by molar-refractivity contribution is 7.13. The second kappa shape index (κ2) is 5.33. The molecule has 0 aliphatic heterocycles. The van der Waals surface area contributed by atoms with Crippen LogP contribution in [0.4, 0.5) is 5.13 Å². The van der Waals surface area contributed by atoms with E-state index < -0.39 is 0 Å². The molecule has 0 saturated heterocycles. The Morgan fingerprint density at radius 2 is 2.47 bits per heavy atom. The molecular weight excluding hydrogens is 260 g/mol. The van der Waals surface area contributed by atoms with Crippen molar-refractivity contribution in [3.8, 4) is 0 Å². The summed E-state index contributed by atoms with van der Waals surface area (Å²) in [5.74, 6) is -0.180. The number of hydrogen-bond donors (Lipinski definition) is 0. The molecule has 2 heterocycles. The van der Waals surface area contributed by atoms with Crippen LogP contribution in [0.2, 0.25) is 0 Å². The fraction of sp³-hybridized carbons (Fsp3) is 0.273. The Bertz CT molecular complexity index is 495. The molecule has 0 aliphatic carbocycles. The Balaban J connectivity index is 2.07. The summed E-state index contributed by atoms with van der Waals surface area (Å²) in [6.45, 7) is 0.693. The van der Waals surface area contributed by atoms with Crippen molar-refractivity contribution >= 4 is 33.9 Å². The summed E-state index contributed by atoms with van der Waals surface area (Å²) in [7, 11) is 1.92. The number of hydrogen-bond acceptors (Lipinski definition) is 5. The number of Topliss-reactive ketones (excluding diaryl/α,β-unsaturated/α-hetero) is 1. The van der Waals surface area contributed by atoms with Gasteiger partial charge in [-0.15, -0.1) is 22.9 Å². The summed E-state index contributed by atoms with van der Waals surface area (Å²) in [6, 6.07) is 1.90. The van der Waals surface area contributed by atoms with Gasteiger partial charge in [-0.3, -0.25) is 4.79 Å². The molecule has 0 N–H and O–H groups in total. The van der Waals surface area contributed by atoms with Gasteiger partial charge in [0.05, 0.1) is 18.4 Å². The van der Waals surface area contributed by atoms with Crippen LogP contribution in [0.25, 0.3) is 0 Å². The number of alkyl halides is 1. The van der Waals surface area contributed by atoms with Crippen LogP contribution >= 0.6 is 22.9 Å². The molecule has 0 aromatic carbocycles. The molecule has 2 aromatic rings. The molecule has 90 valence electrons. The van der Waals surface area contributed by atoms with Gasteiger partial charge in [-0.1, -0.05) is 0 Å². The Hall–Kier alpha value is -1.33. The van der Waals surface area contributed by atoms with Crippen molar-refractivity contribution in [3.05, 3.63) is 35.2 Å². The Morgan fingerprint density at radius 1 is 1.65 bits per heavy atom. The van der Waals surface area contributed by atoms with E-state index in [1.54, 1.807) is 17.9 Å². The van der Waals surface area contributed by atoms with E-state index in [1.165, 1.54) is 11.3 Å².